The van der Waals surface area contributed by atoms with Crippen LogP contribution in [0.4, 0.5) is 0 Å². The Morgan fingerprint density at radius 1 is 1.00 bits per heavy atom. The van der Waals surface area contributed by atoms with Crippen LogP contribution in [0.25, 0.3) is 0 Å². The number of rotatable bonds is 6. The fraction of sp³-hybridized carbons (Fsp3) is 0.227. The maximum absolute atomic E-state index is 6.24. The summed E-state index contributed by atoms with van der Waals surface area (Å²) in [5.74, 6) is 0. The molecule has 2 aromatic rings. The van der Waals surface area contributed by atoms with Gasteiger partial charge in [-0.2, -0.15) is 0 Å². The summed E-state index contributed by atoms with van der Waals surface area (Å²) in [7, 11) is 0. The van der Waals surface area contributed by atoms with E-state index in [1.807, 2.05) is 54.6 Å². The first-order valence-corrected chi connectivity index (χ1v) is 8.39. The molecule has 124 valence electrons. The molecule has 2 heteroatoms. The number of hydrogen-bond acceptors (Lipinski definition) is 1. The molecule has 1 atom stereocenters. The summed E-state index contributed by atoms with van der Waals surface area (Å²) in [6, 6.07) is 18.0. The Hall–Kier alpha value is -2.12. The van der Waals surface area contributed by atoms with E-state index in [0.717, 1.165) is 16.8 Å². The lowest BCUT2D eigenvalue weighted by Crippen LogP contribution is -2.37. The van der Waals surface area contributed by atoms with Crippen LogP contribution in [0.1, 0.15) is 31.9 Å². The van der Waals surface area contributed by atoms with Gasteiger partial charge in [-0.1, -0.05) is 80.6 Å². The summed E-state index contributed by atoms with van der Waals surface area (Å²) in [6.07, 6.45) is 3.75. The van der Waals surface area contributed by atoms with E-state index in [-0.39, 0.29) is 5.41 Å². The van der Waals surface area contributed by atoms with Gasteiger partial charge in [0.2, 0.25) is 0 Å². The van der Waals surface area contributed by atoms with Crippen LogP contribution in [-0.4, -0.2) is 5.71 Å². The number of nitrogens with zero attached hydrogens (tertiary/aromatic N) is 1. The van der Waals surface area contributed by atoms with Crippen LogP contribution in [0.5, 0.6) is 0 Å². The fourth-order valence-electron chi connectivity index (χ4n) is 2.65. The molecule has 0 aliphatic rings. The van der Waals surface area contributed by atoms with Gasteiger partial charge in [-0.25, -0.2) is 0 Å². The smallest absolute Gasteiger partial charge is 0.0921 e. The third-order valence-corrected chi connectivity index (χ3v) is 4.99. The average molecular weight is 338 g/mol. The molecule has 0 fully saturated rings. The van der Waals surface area contributed by atoms with Crippen molar-refractivity contribution in [2.24, 2.45) is 10.4 Å². The zero-order valence-corrected chi connectivity index (χ0v) is 15.3. The summed E-state index contributed by atoms with van der Waals surface area (Å²) in [5.41, 5.74) is 2.14. The van der Waals surface area contributed by atoms with E-state index in [2.05, 4.69) is 40.0 Å². The molecule has 2 aromatic carbocycles. The van der Waals surface area contributed by atoms with Crippen LogP contribution in [0.3, 0.4) is 0 Å². The number of halogens is 1. The van der Waals surface area contributed by atoms with Crippen molar-refractivity contribution in [2.45, 2.75) is 26.3 Å². The van der Waals surface area contributed by atoms with Gasteiger partial charge in [0.1, 0.15) is 0 Å². The molecule has 0 heterocycles. The van der Waals surface area contributed by atoms with E-state index in [0.29, 0.717) is 5.02 Å². The second-order valence-electron chi connectivity index (χ2n) is 6.58. The van der Waals surface area contributed by atoms with Crippen molar-refractivity contribution in [1.29, 1.82) is 0 Å². The Morgan fingerprint density at radius 2 is 1.67 bits per heavy atom. The first-order valence-electron chi connectivity index (χ1n) is 8.01. The van der Waals surface area contributed by atoms with Gasteiger partial charge < -0.3 is 0 Å². The first-order chi connectivity index (χ1) is 11.3. The number of aliphatic imine (C=N–C) groups is 1. The standard InChI is InChI=1S/C22H24ClN/c1-6-20(17-12-9-8-10-13-17)24-22(5,21(3,4)7-2)18-14-11-15-19(23)16-18/h6-16H,1-2H2,3-5H3/t22-/m0/s1. The second kappa shape index (κ2) is 7.19. The highest BCUT2D eigenvalue weighted by molar-refractivity contribution is 6.30. The summed E-state index contributed by atoms with van der Waals surface area (Å²) in [4.78, 5) is 5.12. The Balaban J connectivity index is 2.69. The molecule has 2 rings (SSSR count). The molecule has 0 saturated carbocycles. The number of allylic oxidation sites excluding steroid dienone is 1. The maximum Gasteiger partial charge on any atom is 0.0921 e. The summed E-state index contributed by atoms with van der Waals surface area (Å²) in [6.45, 7) is 14.4. The van der Waals surface area contributed by atoms with Crippen LogP contribution in [0, 0.1) is 5.41 Å². The van der Waals surface area contributed by atoms with Crippen molar-refractivity contribution < 1.29 is 0 Å². The highest BCUT2D eigenvalue weighted by atomic mass is 35.5. The Labute approximate surface area is 150 Å². The molecule has 0 amide bonds. The molecule has 0 spiro atoms. The van der Waals surface area contributed by atoms with E-state index in [1.165, 1.54) is 0 Å². The minimum absolute atomic E-state index is 0.277. The minimum atomic E-state index is -0.529. The van der Waals surface area contributed by atoms with Crippen LogP contribution < -0.4 is 0 Å². The number of hydrogen-bond donors (Lipinski definition) is 0. The fourth-order valence-corrected chi connectivity index (χ4v) is 2.84. The Bertz CT molecular complexity index is 759. The van der Waals surface area contributed by atoms with Crippen LogP contribution in [0.15, 0.2) is 84.9 Å². The van der Waals surface area contributed by atoms with E-state index in [1.54, 1.807) is 6.08 Å². The van der Waals surface area contributed by atoms with Gasteiger partial charge >= 0.3 is 0 Å². The molecular weight excluding hydrogens is 314 g/mol. The lowest BCUT2D eigenvalue weighted by molar-refractivity contribution is 0.255. The van der Waals surface area contributed by atoms with Crippen LogP contribution >= 0.6 is 11.6 Å². The highest BCUT2D eigenvalue weighted by Gasteiger charge is 2.40. The molecule has 1 nitrogen and oxygen atoms in total. The lowest BCUT2D eigenvalue weighted by atomic mass is 9.69. The van der Waals surface area contributed by atoms with Crippen molar-refractivity contribution in [2.75, 3.05) is 0 Å². The Morgan fingerprint density at radius 3 is 2.21 bits per heavy atom. The van der Waals surface area contributed by atoms with E-state index in [9.17, 15) is 0 Å². The molecule has 0 aliphatic heterocycles. The zero-order chi connectivity index (χ0) is 17.8. The molecule has 0 N–H and O–H groups in total. The van der Waals surface area contributed by atoms with E-state index >= 15 is 0 Å². The van der Waals surface area contributed by atoms with Gasteiger partial charge in [0.05, 0.1) is 11.3 Å². The molecule has 0 bridgehead atoms. The van der Waals surface area contributed by atoms with Crippen molar-refractivity contribution in [1.82, 2.24) is 0 Å². The average Bonchev–Trinajstić information content (AvgIpc) is 2.60. The molecule has 0 saturated heterocycles. The topological polar surface area (TPSA) is 12.4 Å². The predicted octanol–water partition coefficient (Wildman–Crippen LogP) is 6.44. The van der Waals surface area contributed by atoms with Gasteiger partial charge in [-0.15, -0.1) is 6.58 Å². The third kappa shape index (κ3) is 3.52. The van der Waals surface area contributed by atoms with Gasteiger partial charge in [0.15, 0.2) is 0 Å². The quantitative estimate of drug-likeness (QED) is 0.424. The molecule has 24 heavy (non-hydrogen) atoms. The SMILES string of the molecule is C=CC(=N[C@@](C)(c1cccc(Cl)c1)C(C)(C)C=C)c1ccccc1. The van der Waals surface area contributed by atoms with Gasteiger partial charge in [0, 0.05) is 10.4 Å². The predicted molar refractivity (Wildman–Crippen MR) is 106 cm³/mol. The molecule has 0 aliphatic carbocycles. The van der Waals surface area contributed by atoms with E-state index in [4.69, 9.17) is 16.6 Å². The van der Waals surface area contributed by atoms with Crippen LogP contribution in [0.2, 0.25) is 5.02 Å². The van der Waals surface area contributed by atoms with Crippen molar-refractivity contribution in [3.63, 3.8) is 0 Å². The highest BCUT2D eigenvalue weighted by Crippen LogP contribution is 2.44. The number of benzene rings is 2. The van der Waals surface area contributed by atoms with E-state index < -0.39 is 5.54 Å². The Kier molecular flexibility index (Phi) is 5.46. The maximum atomic E-state index is 6.24. The first kappa shape index (κ1) is 18.2. The summed E-state index contributed by atoms with van der Waals surface area (Å²) >= 11 is 6.24. The van der Waals surface area contributed by atoms with Gasteiger partial charge in [0.25, 0.3) is 0 Å². The largest absolute Gasteiger partial charge is 0.273 e. The van der Waals surface area contributed by atoms with Crippen molar-refractivity contribution >= 4 is 17.3 Å². The zero-order valence-electron chi connectivity index (χ0n) is 14.6. The summed E-state index contributed by atoms with van der Waals surface area (Å²) in [5, 5.41) is 0.702. The molecular formula is C22H24ClN. The normalized spacial score (nSPS) is 14.8. The monoisotopic (exact) mass is 337 g/mol. The third-order valence-electron chi connectivity index (χ3n) is 4.76. The van der Waals surface area contributed by atoms with Gasteiger partial charge in [-0.3, -0.25) is 4.99 Å². The molecule has 0 unspecified atom stereocenters. The molecule has 0 radical (unpaired) electrons. The van der Waals surface area contributed by atoms with Crippen LogP contribution in [-0.2, 0) is 5.54 Å². The van der Waals surface area contributed by atoms with Gasteiger partial charge in [-0.05, 0) is 36.3 Å². The second-order valence-corrected chi connectivity index (χ2v) is 7.01. The summed E-state index contributed by atoms with van der Waals surface area (Å²) < 4.78 is 0. The minimum Gasteiger partial charge on any atom is -0.273 e. The van der Waals surface area contributed by atoms with Crippen molar-refractivity contribution in [3.8, 4) is 0 Å². The lowest BCUT2D eigenvalue weighted by Gasteiger charge is -2.40. The molecule has 0 aromatic heterocycles. The van der Waals surface area contributed by atoms with Crippen molar-refractivity contribution in [3.05, 3.63) is 96.1 Å².